The van der Waals surface area contributed by atoms with Crippen molar-refractivity contribution in [3.05, 3.63) is 23.8 Å². The van der Waals surface area contributed by atoms with Crippen molar-refractivity contribution in [2.75, 3.05) is 12.3 Å². The van der Waals surface area contributed by atoms with Crippen LogP contribution in [0.5, 0.6) is 0 Å². The van der Waals surface area contributed by atoms with Crippen LogP contribution < -0.4 is 0 Å². The number of allylic oxidation sites excluding steroid dienone is 4. The molecule has 0 fully saturated rings. The Morgan fingerprint density at radius 2 is 1.03 bits per heavy atom. The average Bonchev–Trinajstić information content (AvgIpc) is 3.10. The van der Waals surface area contributed by atoms with E-state index in [2.05, 4.69) is 101 Å². The average molecular weight is 439 g/mol. The quantitative estimate of drug-likeness (QED) is 0.266. The van der Waals surface area contributed by atoms with Crippen LogP contribution in [0.25, 0.3) is 0 Å². The predicted molar refractivity (Wildman–Crippen MR) is 142 cm³/mol. The maximum atomic E-state index is 2.54. The highest BCUT2D eigenvalue weighted by molar-refractivity contribution is 7.61. The van der Waals surface area contributed by atoms with Crippen molar-refractivity contribution in [3.63, 3.8) is 0 Å². The van der Waals surface area contributed by atoms with E-state index in [0.717, 1.165) is 0 Å². The van der Waals surface area contributed by atoms with Gasteiger partial charge in [-0.25, -0.2) is 0 Å². The summed E-state index contributed by atoms with van der Waals surface area (Å²) in [5.74, 6) is 0.670. The zero-order valence-electron chi connectivity index (χ0n) is 21.9. The first-order valence-electron chi connectivity index (χ1n) is 12.1. The van der Waals surface area contributed by atoms with Gasteiger partial charge in [-0.2, -0.15) is 0 Å². The van der Waals surface area contributed by atoms with Gasteiger partial charge in [-0.05, 0) is 58.6 Å². The molecule has 0 aliphatic heterocycles. The molecule has 1 unspecified atom stereocenters. The van der Waals surface area contributed by atoms with Gasteiger partial charge in [-0.15, -0.1) is 0 Å². The minimum Gasteiger partial charge on any atom is -0.0942 e. The van der Waals surface area contributed by atoms with Crippen molar-refractivity contribution in [2.24, 2.45) is 5.92 Å². The van der Waals surface area contributed by atoms with E-state index in [1.54, 1.807) is 5.57 Å². The molecule has 0 aromatic carbocycles. The molecular formula is C27H52P2. The normalized spacial score (nSPS) is 18.8. The van der Waals surface area contributed by atoms with Crippen molar-refractivity contribution in [2.45, 2.75) is 129 Å². The van der Waals surface area contributed by atoms with Crippen LogP contribution in [0.15, 0.2) is 23.8 Å². The van der Waals surface area contributed by atoms with Gasteiger partial charge in [0.2, 0.25) is 0 Å². The lowest BCUT2D eigenvalue weighted by Gasteiger charge is -2.48. The molecule has 0 radical (unpaired) electrons. The molecule has 0 bridgehead atoms. The zero-order valence-corrected chi connectivity index (χ0v) is 23.7. The van der Waals surface area contributed by atoms with E-state index in [9.17, 15) is 0 Å². The second-order valence-corrected chi connectivity index (χ2v) is 18.8. The van der Waals surface area contributed by atoms with E-state index >= 15 is 0 Å². The lowest BCUT2D eigenvalue weighted by molar-refractivity contribution is 0.594. The Morgan fingerprint density at radius 1 is 0.655 bits per heavy atom. The zero-order chi connectivity index (χ0) is 22.7. The Kier molecular flexibility index (Phi) is 9.73. The molecule has 29 heavy (non-hydrogen) atoms. The first-order chi connectivity index (χ1) is 13.2. The van der Waals surface area contributed by atoms with Crippen LogP contribution in [0.1, 0.15) is 109 Å². The van der Waals surface area contributed by atoms with Crippen molar-refractivity contribution in [1.29, 1.82) is 0 Å². The molecule has 0 N–H and O–H groups in total. The molecule has 0 nitrogen and oxygen atoms in total. The highest BCUT2D eigenvalue weighted by Gasteiger charge is 2.42. The fourth-order valence-electron chi connectivity index (χ4n) is 4.61. The van der Waals surface area contributed by atoms with E-state index in [1.165, 1.54) is 38.0 Å². The Morgan fingerprint density at radius 3 is 1.41 bits per heavy atom. The lowest BCUT2D eigenvalue weighted by Crippen LogP contribution is -2.33. The fourth-order valence-corrected chi connectivity index (χ4v) is 12.7. The first kappa shape index (κ1) is 27.4. The molecule has 0 aromatic rings. The number of hydrogen-bond donors (Lipinski definition) is 0. The van der Waals surface area contributed by atoms with Crippen LogP contribution >= 0.6 is 15.8 Å². The summed E-state index contributed by atoms with van der Waals surface area (Å²) in [7, 11) is -0.133. The van der Waals surface area contributed by atoms with Crippen molar-refractivity contribution in [3.8, 4) is 0 Å². The third-order valence-corrected chi connectivity index (χ3v) is 16.8. The summed E-state index contributed by atoms with van der Waals surface area (Å²) >= 11 is 0. The van der Waals surface area contributed by atoms with Crippen molar-refractivity contribution < 1.29 is 0 Å². The largest absolute Gasteiger partial charge is 0.0942 e. The van der Waals surface area contributed by atoms with E-state index in [0.29, 0.717) is 26.5 Å². The fraction of sp³-hybridized carbons (Fsp3) is 0.852. The van der Waals surface area contributed by atoms with Gasteiger partial charge < -0.3 is 0 Å². The Labute approximate surface area is 187 Å². The van der Waals surface area contributed by atoms with Crippen molar-refractivity contribution >= 4 is 15.8 Å². The summed E-state index contributed by atoms with van der Waals surface area (Å²) in [5, 5.41) is 1.79. The van der Waals surface area contributed by atoms with Gasteiger partial charge in [0.25, 0.3) is 0 Å². The van der Waals surface area contributed by atoms with Gasteiger partial charge in [-0.1, -0.05) is 123 Å². The SMILES string of the molecule is CCC(C)(C)P(CC1=CC=CC1CP(C(C)(C)CC)C(C)(C)CC)C(C)(C)CC. The van der Waals surface area contributed by atoms with E-state index in [4.69, 9.17) is 0 Å². The maximum Gasteiger partial charge on any atom is 0.00261 e. The van der Waals surface area contributed by atoms with Crippen LogP contribution in [-0.4, -0.2) is 32.9 Å². The summed E-state index contributed by atoms with van der Waals surface area (Å²) < 4.78 is 0. The van der Waals surface area contributed by atoms with Crippen LogP contribution in [0.3, 0.4) is 0 Å². The maximum absolute atomic E-state index is 2.54. The Bertz CT molecular complexity index is 545. The molecule has 1 rings (SSSR count). The molecule has 1 atom stereocenters. The third kappa shape index (κ3) is 6.66. The first-order valence-corrected chi connectivity index (χ1v) is 15.2. The summed E-state index contributed by atoms with van der Waals surface area (Å²) in [4.78, 5) is 0. The van der Waals surface area contributed by atoms with Crippen LogP contribution in [0.4, 0.5) is 0 Å². The van der Waals surface area contributed by atoms with Gasteiger partial charge in [-0.3, -0.25) is 0 Å². The van der Waals surface area contributed by atoms with E-state index in [-0.39, 0.29) is 15.8 Å². The van der Waals surface area contributed by atoms with Crippen molar-refractivity contribution in [1.82, 2.24) is 0 Å². The van der Waals surface area contributed by atoms with Gasteiger partial charge in [0.05, 0.1) is 0 Å². The highest BCUT2D eigenvalue weighted by Crippen LogP contribution is 2.66. The van der Waals surface area contributed by atoms with Gasteiger partial charge >= 0.3 is 0 Å². The molecule has 170 valence electrons. The molecular weight excluding hydrogens is 386 g/mol. The Balaban J connectivity index is 3.16. The number of rotatable bonds is 12. The monoisotopic (exact) mass is 438 g/mol. The molecule has 0 heterocycles. The van der Waals surface area contributed by atoms with Crippen LogP contribution in [-0.2, 0) is 0 Å². The van der Waals surface area contributed by atoms with E-state index in [1.807, 2.05) is 0 Å². The highest BCUT2D eigenvalue weighted by atomic mass is 31.1. The van der Waals surface area contributed by atoms with Gasteiger partial charge in [0.1, 0.15) is 0 Å². The molecule has 0 aromatic heterocycles. The molecule has 0 saturated carbocycles. The molecule has 0 saturated heterocycles. The third-order valence-electron chi connectivity index (χ3n) is 8.23. The second kappa shape index (κ2) is 10.3. The van der Waals surface area contributed by atoms with Gasteiger partial charge in [0.15, 0.2) is 0 Å². The summed E-state index contributed by atoms with van der Waals surface area (Å²) in [6, 6.07) is 0. The minimum atomic E-state index is -0.0745. The smallest absolute Gasteiger partial charge is 0.00261 e. The Hall–Kier alpha value is 0.340. The standard InChI is InChI=1S/C27H52P2/c1-13-24(5,6)28(25(7,8)14-2)20-22-18-17-19-23(22)21-29(26(9,10)15-3)27(11,12)16-4/h17-19,22H,13-16,20-21H2,1-12H3. The molecule has 1 aliphatic rings. The summed E-state index contributed by atoms with van der Waals surface area (Å²) in [6.07, 6.45) is 15.2. The molecule has 0 spiro atoms. The molecule has 0 amide bonds. The second-order valence-electron chi connectivity index (χ2n) is 11.6. The predicted octanol–water partition coefficient (Wildman–Crippen LogP) is 9.82. The molecule has 1 aliphatic carbocycles. The topological polar surface area (TPSA) is 0 Å². The van der Waals surface area contributed by atoms with E-state index < -0.39 is 0 Å². The lowest BCUT2D eigenvalue weighted by atomic mass is 10.1. The summed E-state index contributed by atoms with van der Waals surface area (Å²) in [6.45, 7) is 29.8. The molecule has 2 heteroatoms. The van der Waals surface area contributed by atoms with Gasteiger partial charge in [0, 0.05) is 5.92 Å². The number of hydrogen-bond acceptors (Lipinski definition) is 0. The van der Waals surface area contributed by atoms with Crippen LogP contribution in [0, 0.1) is 5.92 Å². The summed E-state index contributed by atoms with van der Waals surface area (Å²) in [5.41, 5.74) is 1.74. The van der Waals surface area contributed by atoms with Crippen LogP contribution in [0.2, 0.25) is 0 Å². The minimum absolute atomic E-state index is 0.0583.